The van der Waals surface area contributed by atoms with Gasteiger partial charge < -0.3 is 5.32 Å². The Kier molecular flexibility index (Phi) is 6.29. The zero-order chi connectivity index (χ0) is 19.4. The largest absolute Gasteiger partial charge is 0.352 e. The van der Waals surface area contributed by atoms with E-state index < -0.39 is 10.0 Å². The van der Waals surface area contributed by atoms with Crippen LogP contribution in [0.4, 0.5) is 4.39 Å². The molecular formula is C19H20BrFN2O3S. The number of rotatable bonds is 5. The zero-order valence-electron chi connectivity index (χ0n) is 14.6. The molecule has 0 aliphatic carbocycles. The lowest BCUT2D eigenvalue weighted by atomic mass is 9.97. The summed E-state index contributed by atoms with van der Waals surface area (Å²) < 4.78 is 40.8. The first-order chi connectivity index (χ1) is 12.9. The molecule has 0 spiro atoms. The molecule has 1 amide bonds. The van der Waals surface area contributed by atoms with Gasteiger partial charge in [-0.2, -0.15) is 4.31 Å². The summed E-state index contributed by atoms with van der Waals surface area (Å²) in [5, 5.41) is 2.81. The van der Waals surface area contributed by atoms with Crippen molar-refractivity contribution in [3.63, 3.8) is 0 Å². The summed E-state index contributed by atoms with van der Waals surface area (Å²) in [7, 11) is -3.55. The number of nitrogens with one attached hydrogen (secondary N) is 1. The maximum absolute atomic E-state index is 13.2. The van der Waals surface area contributed by atoms with Crippen LogP contribution in [0.3, 0.4) is 0 Å². The summed E-state index contributed by atoms with van der Waals surface area (Å²) in [6.45, 7) is 0.862. The first-order valence-corrected chi connectivity index (χ1v) is 10.9. The summed E-state index contributed by atoms with van der Waals surface area (Å²) in [6, 6.07) is 12.6. The minimum atomic E-state index is -3.55. The Morgan fingerprint density at radius 2 is 1.81 bits per heavy atom. The third kappa shape index (κ3) is 4.94. The lowest BCUT2D eigenvalue weighted by Gasteiger charge is -2.30. The maximum atomic E-state index is 13.2. The average Bonchev–Trinajstić information content (AvgIpc) is 2.66. The molecule has 1 aliphatic rings. The number of hydrogen-bond acceptors (Lipinski definition) is 3. The van der Waals surface area contributed by atoms with Crippen LogP contribution in [0, 0.1) is 11.7 Å². The number of carbonyl (C=O) groups excluding carboxylic acids is 1. The van der Waals surface area contributed by atoms with E-state index in [4.69, 9.17) is 0 Å². The van der Waals surface area contributed by atoms with Crippen LogP contribution in [0.5, 0.6) is 0 Å². The van der Waals surface area contributed by atoms with E-state index in [2.05, 4.69) is 21.2 Å². The van der Waals surface area contributed by atoms with Crippen molar-refractivity contribution in [2.24, 2.45) is 5.92 Å². The molecule has 0 saturated carbocycles. The molecule has 0 radical (unpaired) electrons. The molecule has 0 unspecified atom stereocenters. The van der Waals surface area contributed by atoms with E-state index in [0.717, 1.165) is 4.47 Å². The van der Waals surface area contributed by atoms with Gasteiger partial charge in [-0.25, -0.2) is 12.8 Å². The van der Waals surface area contributed by atoms with E-state index in [1.807, 2.05) is 0 Å². The van der Waals surface area contributed by atoms with Gasteiger partial charge in [0.15, 0.2) is 0 Å². The van der Waals surface area contributed by atoms with Gasteiger partial charge in [0.05, 0.1) is 4.90 Å². The van der Waals surface area contributed by atoms with Crippen molar-refractivity contribution >= 4 is 31.9 Å². The topological polar surface area (TPSA) is 66.5 Å². The molecule has 1 aliphatic heterocycles. The van der Waals surface area contributed by atoms with Gasteiger partial charge in [0, 0.05) is 30.0 Å². The van der Waals surface area contributed by atoms with Crippen molar-refractivity contribution in [2.75, 3.05) is 13.1 Å². The highest BCUT2D eigenvalue weighted by atomic mass is 79.9. The smallest absolute Gasteiger partial charge is 0.243 e. The van der Waals surface area contributed by atoms with Crippen molar-refractivity contribution in [1.82, 2.24) is 9.62 Å². The highest BCUT2D eigenvalue weighted by Crippen LogP contribution is 2.25. The highest BCUT2D eigenvalue weighted by Gasteiger charge is 2.31. The zero-order valence-corrected chi connectivity index (χ0v) is 17.0. The van der Waals surface area contributed by atoms with Gasteiger partial charge in [-0.1, -0.05) is 28.1 Å². The van der Waals surface area contributed by atoms with E-state index in [1.165, 1.54) is 16.4 Å². The minimum absolute atomic E-state index is 0.125. The molecule has 2 aromatic rings. The van der Waals surface area contributed by atoms with Gasteiger partial charge in [0.25, 0.3) is 0 Å². The Hall–Kier alpha value is -1.77. The summed E-state index contributed by atoms with van der Waals surface area (Å²) in [5.74, 6) is -0.705. The van der Waals surface area contributed by atoms with Gasteiger partial charge in [-0.05, 0) is 54.8 Å². The maximum Gasteiger partial charge on any atom is 0.243 e. The van der Waals surface area contributed by atoms with Gasteiger partial charge in [0.2, 0.25) is 15.9 Å². The molecule has 1 fully saturated rings. The van der Waals surface area contributed by atoms with E-state index >= 15 is 0 Å². The third-order valence-corrected chi connectivity index (χ3v) is 7.07. The molecule has 0 aromatic heterocycles. The van der Waals surface area contributed by atoms with E-state index in [1.54, 1.807) is 36.4 Å². The van der Waals surface area contributed by atoms with Crippen LogP contribution in [-0.4, -0.2) is 31.7 Å². The fourth-order valence-corrected chi connectivity index (χ4v) is 4.83. The number of halogens is 2. The molecular weight excluding hydrogens is 435 g/mol. The standard InChI is InChI=1S/C19H20BrFN2O3S/c20-16-4-6-18(7-5-16)27(25,26)23-10-8-15(9-11-23)19(24)22-13-14-2-1-3-17(21)12-14/h1-7,12,15H,8-11,13H2,(H,22,24). The first kappa shape index (κ1) is 20.0. The van der Waals surface area contributed by atoms with Crippen LogP contribution in [0.15, 0.2) is 57.9 Å². The molecule has 2 aromatic carbocycles. The highest BCUT2D eigenvalue weighted by molar-refractivity contribution is 9.10. The fourth-order valence-electron chi connectivity index (χ4n) is 3.09. The molecule has 0 atom stereocenters. The SMILES string of the molecule is O=C(NCc1cccc(F)c1)C1CCN(S(=O)(=O)c2ccc(Br)cc2)CC1. The van der Waals surface area contributed by atoms with Crippen molar-refractivity contribution < 1.29 is 17.6 Å². The van der Waals surface area contributed by atoms with Crippen molar-refractivity contribution in [1.29, 1.82) is 0 Å². The predicted molar refractivity (Wildman–Crippen MR) is 104 cm³/mol. The molecule has 144 valence electrons. The average molecular weight is 455 g/mol. The number of amides is 1. The second-order valence-electron chi connectivity index (χ2n) is 6.48. The second kappa shape index (κ2) is 8.50. The van der Waals surface area contributed by atoms with Crippen LogP contribution in [0.1, 0.15) is 18.4 Å². The van der Waals surface area contributed by atoms with Gasteiger partial charge in [0.1, 0.15) is 5.82 Å². The third-order valence-electron chi connectivity index (χ3n) is 4.63. The molecule has 27 heavy (non-hydrogen) atoms. The van der Waals surface area contributed by atoms with E-state index in [0.29, 0.717) is 31.5 Å². The van der Waals surface area contributed by atoms with Crippen LogP contribution < -0.4 is 5.32 Å². The molecule has 3 rings (SSSR count). The Morgan fingerprint density at radius 3 is 2.44 bits per heavy atom. The van der Waals surface area contributed by atoms with E-state index in [-0.39, 0.29) is 29.1 Å². The number of piperidine rings is 1. The lowest BCUT2D eigenvalue weighted by Crippen LogP contribution is -2.42. The van der Waals surface area contributed by atoms with Crippen LogP contribution in [-0.2, 0) is 21.4 Å². The Balaban J connectivity index is 1.55. The lowest BCUT2D eigenvalue weighted by molar-refractivity contribution is -0.126. The molecule has 5 nitrogen and oxygen atoms in total. The Morgan fingerprint density at radius 1 is 1.15 bits per heavy atom. The molecule has 1 heterocycles. The number of hydrogen-bond donors (Lipinski definition) is 1. The van der Waals surface area contributed by atoms with Crippen molar-refractivity contribution in [2.45, 2.75) is 24.3 Å². The fraction of sp³-hybridized carbons (Fsp3) is 0.316. The number of nitrogens with zero attached hydrogens (tertiary/aromatic N) is 1. The van der Waals surface area contributed by atoms with Crippen LogP contribution >= 0.6 is 15.9 Å². The van der Waals surface area contributed by atoms with E-state index in [9.17, 15) is 17.6 Å². The molecule has 0 bridgehead atoms. The van der Waals surface area contributed by atoms with Crippen molar-refractivity contribution in [3.05, 3.63) is 64.4 Å². The quantitative estimate of drug-likeness (QED) is 0.753. The Bertz CT molecular complexity index is 911. The monoisotopic (exact) mass is 454 g/mol. The number of benzene rings is 2. The first-order valence-electron chi connectivity index (χ1n) is 8.64. The molecule has 8 heteroatoms. The summed E-state index contributed by atoms with van der Waals surface area (Å²) in [4.78, 5) is 12.6. The van der Waals surface area contributed by atoms with Crippen LogP contribution in [0.25, 0.3) is 0 Å². The summed E-state index contributed by atoms with van der Waals surface area (Å²) in [6.07, 6.45) is 0.926. The number of carbonyl (C=O) groups is 1. The van der Waals surface area contributed by atoms with Crippen molar-refractivity contribution in [3.8, 4) is 0 Å². The number of sulfonamides is 1. The second-order valence-corrected chi connectivity index (χ2v) is 9.33. The normalized spacial score (nSPS) is 16.2. The van der Waals surface area contributed by atoms with Crippen LogP contribution in [0.2, 0.25) is 0 Å². The van der Waals surface area contributed by atoms with Gasteiger partial charge >= 0.3 is 0 Å². The predicted octanol–water partition coefficient (Wildman–Crippen LogP) is 3.31. The summed E-state index contributed by atoms with van der Waals surface area (Å²) in [5.41, 5.74) is 0.693. The summed E-state index contributed by atoms with van der Waals surface area (Å²) >= 11 is 3.29. The van der Waals surface area contributed by atoms with Gasteiger partial charge in [-0.15, -0.1) is 0 Å². The molecule has 1 N–H and O–H groups in total. The Labute approximate surface area is 166 Å². The van der Waals surface area contributed by atoms with Gasteiger partial charge in [-0.3, -0.25) is 4.79 Å². The minimum Gasteiger partial charge on any atom is -0.352 e. The molecule has 1 saturated heterocycles.